The van der Waals surface area contributed by atoms with Gasteiger partial charge >= 0.3 is 0 Å². The number of hydrogen-bond donors (Lipinski definition) is 2. The van der Waals surface area contributed by atoms with E-state index in [-0.39, 0.29) is 0 Å². The molecule has 0 fully saturated rings. The fourth-order valence-corrected chi connectivity index (χ4v) is 0. The summed E-state index contributed by atoms with van der Waals surface area (Å²) in [4.78, 5) is 0. The van der Waals surface area contributed by atoms with E-state index in [9.17, 15) is 0 Å². The molecule has 4 radical (unpaired) electrons. The lowest BCUT2D eigenvalue weighted by Crippen LogP contribution is -2.11. The van der Waals surface area contributed by atoms with Crippen molar-refractivity contribution in [1.29, 1.82) is 0 Å². The number of hydrogen-bond acceptors (Lipinski definition) is 2. The van der Waals surface area contributed by atoms with Crippen molar-refractivity contribution in [1.82, 2.24) is 0 Å². The van der Waals surface area contributed by atoms with Gasteiger partial charge in [-0.3, -0.25) is 0 Å². The van der Waals surface area contributed by atoms with Gasteiger partial charge in [-0.25, -0.2) is 0 Å². The molecule has 2 nitrogen and oxygen atoms in total. The van der Waals surface area contributed by atoms with Crippen molar-refractivity contribution in [2.75, 3.05) is 13.1 Å². The summed E-state index contributed by atoms with van der Waals surface area (Å²) in [6, 6.07) is 0. The van der Waals surface area contributed by atoms with E-state index in [0.717, 1.165) is 0 Å². The van der Waals surface area contributed by atoms with E-state index >= 15 is 0 Å². The van der Waals surface area contributed by atoms with Crippen LogP contribution in [0, 0.1) is 0 Å². The normalized spacial score (nSPS) is 5.67. The van der Waals surface area contributed by atoms with Crippen molar-refractivity contribution >= 4 is 15.5 Å². The van der Waals surface area contributed by atoms with Crippen LogP contribution in [-0.2, 0) is 0 Å². The van der Waals surface area contributed by atoms with Crippen LogP contribution in [0.2, 0.25) is 0 Å². The fourth-order valence-electron chi connectivity index (χ4n) is 0. The Balaban J connectivity index is 0. The van der Waals surface area contributed by atoms with Crippen LogP contribution in [0.5, 0.6) is 0 Å². The van der Waals surface area contributed by atoms with Crippen molar-refractivity contribution in [3.63, 3.8) is 0 Å². The smallest absolute Gasteiger partial charge is 0.00461 e. The van der Waals surface area contributed by atoms with Gasteiger partial charge in [0.25, 0.3) is 0 Å². The van der Waals surface area contributed by atoms with Gasteiger partial charge < -0.3 is 11.5 Å². The van der Waals surface area contributed by atoms with Gasteiger partial charge in [-0.1, -0.05) is 0 Å². The molecule has 4 N–H and O–H groups in total. The second-order valence-electron chi connectivity index (χ2n) is 0.577. The molecule has 32 valence electrons. The zero-order chi connectivity index (χ0) is 5.41. The summed E-state index contributed by atoms with van der Waals surface area (Å²) in [5.74, 6) is 0. The molecule has 0 unspecified atom stereocenters. The van der Waals surface area contributed by atoms with E-state index in [2.05, 4.69) is 15.5 Å². The largest absolute Gasteiger partial charge is 0.329 e. The van der Waals surface area contributed by atoms with Gasteiger partial charge in [0.2, 0.25) is 0 Å². The molecule has 6 heavy (non-hydrogen) atoms. The molecule has 0 aromatic heterocycles. The third kappa shape index (κ3) is 34.2. The first kappa shape index (κ1) is 9.41. The lowest BCUT2D eigenvalue weighted by Gasteiger charge is -1.72. The minimum absolute atomic E-state index is 0.597. The van der Waals surface area contributed by atoms with E-state index in [4.69, 9.17) is 11.5 Å². The van der Waals surface area contributed by atoms with Crippen LogP contribution in [0.3, 0.4) is 0 Å². The highest BCUT2D eigenvalue weighted by atomic mass is 14.6. The Kier molecular flexibility index (Phi) is 30.9. The number of nitrogens with two attached hydrogens (primary N) is 2. The minimum atomic E-state index is 0.597. The standard InChI is InChI=1S/C2H8N2.B2/c3-1-2-4;1-2/h1-4H2;. The van der Waals surface area contributed by atoms with Gasteiger partial charge in [-0.05, 0) is 0 Å². The highest BCUT2D eigenvalue weighted by Gasteiger charge is 1.54. The molecule has 0 bridgehead atoms. The van der Waals surface area contributed by atoms with Gasteiger partial charge in [0.1, 0.15) is 0 Å². The summed E-state index contributed by atoms with van der Waals surface area (Å²) in [5.41, 5.74) is 9.81. The first-order valence-electron chi connectivity index (χ1n) is 1.65. The average molecular weight is 81.7 g/mol. The van der Waals surface area contributed by atoms with Crippen LogP contribution >= 0.6 is 0 Å². The van der Waals surface area contributed by atoms with Crippen LogP contribution in [0.25, 0.3) is 0 Å². The third-order valence-electron chi connectivity index (χ3n) is 0.167. The Hall–Kier alpha value is 0.0499. The summed E-state index contributed by atoms with van der Waals surface area (Å²) < 4.78 is 0. The van der Waals surface area contributed by atoms with Crippen molar-refractivity contribution < 1.29 is 0 Å². The van der Waals surface area contributed by atoms with Gasteiger partial charge in [-0.2, -0.15) is 0 Å². The number of rotatable bonds is 1. The van der Waals surface area contributed by atoms with E-state index in [0.29, 0.717) is 13.1 Å². The topological polar surface area (TPSA) is 52.0 Å². The lowest BCUT2D eigenvalue weighted by molar-refractivity contribution is 0.976. The van der Waals surface area contributed by atoms with E-state index in [1.165, 1.54) is 0 Å². The Labute approximate surface area is 41.1 Å². The van der Waals surface area contributed by atoms with Gasteiger partial charge in [0.15, 0.2) is 0 Å². The summed E-state index contributed by atoms with van der Waals surface area (Å²) in [6.07, 6.45) is 0. The van der Waals surface area contributed by atoms with Crippen molar-refractivity contribution in [3.05, 3.63) is 0 Å². The highest BCUT2D eigenvalue weighted by Crippen LogP contribution is 1.24. The maximum Gasteiger partial charge on any atom is 0.00461 e. The molecule has 0 aromatic rings. The molecule has 0 aliphatic rings. The molecule has 0 aromatic carbocycles. The van der Waals surface area contributed by atoms with E-state index < -0.39 is 0 Å². The molecule has 0 saturated carbocycles. The average Bonchev–Trinajstić information content (AvgIpc) is 1.72. The van der Waals surface area contributed by atoms with Crippen LogP contribution in [-0.4, -0.2) is 28.6 Å². The molecule has 0 heterocycles. The lowest BCUT2D eigenvalue weighted by atomic mass is 9.81. The van der Waals surface area contributed by atoms with E-state index in [1.807, 2.05) is 0 Å². The molecule has 0 atom stereocenters. The molecular formula is C2H8B2N2. The zero-order valence-corrected chi connectivity index (χ0v) is 3.72. The summed E-state index contributed by atoms with van der Waals surface area (Å²) in [6.45, 7) is 1.19. The maximum absolute atomic E-state index is 4.90. The Bertz CT molecular complexity index is 11.5. The quantitative estimate of drug-likeness (QED) is 0.364. The molecule has 0 saturated heterocycles. The second kappa shape index (κ2) is 19.7. The molecule has 0 amide bonds. The van der Waals surface area contributed by atoms with Crippen LogP contribution in [0.15, 0.2) is 0 Å². The van der Waals surface area contributed by atoms with Crippen molar-refractivity contribution in [2.24, 2.45) is 11.5 Å². The SMILES string of the molecule is NCCN.[B][B]. The Morgan fingerprint density at radius 3 is 1.17 bits per heavy atom. The van der Waals surface area contributed by atoms with Gasteiger partial charge in [0, 0.05) is 28.6 Å². The maximum atomic E-state index is 4.90. The van der Waals surface area contributed by atoms with Crippen molar-refractivity contribution in [3.8, 4) is 0 Å². The van der Waals surface area contributed by atoms with Crippen LogP contribution in [0.4, 0.5) is 0 Å². The van der Waals surface area contributed by atoms with Gasteiger partial charge in [0.05, 0.1) is 0 Å². The molecule has 0 aliphatic heterocycles. The first-order valence-corrected chi connectivity index (χ1v) is 1.65. The second-order valence-corrected chi connectivity index (χ2v) is 0.577. The predicted octanol–water partition coefficient (Wildman–Crippen LogP) is -1.86. The molecule has 4 heteroatoms. The Morgan fingerprint density at radius 1 is 1.00 bits per heavy atom. The molecular weight excluding hydrogens is 73.7 g/mol. The molecule has 0 aliphatic carbocycles. The Morgan fingerprint density at radius 2 is 1.17 bits per heavy atom. The van der Waals surface area contributed by atoms with Crippen LogP contribution in [0.1, 0.15) is 0 Å². The van der Waals surface area contributed by atoms with Crippen LogP contribution < -0.4 is 11.5 Å². The predicted molar refractivity (Wildman–Crippen MR) is 29.6 cm³/mol. The highest BCUT2D eigenvalue weighted by molar-refractivity contribution is 6.75. The summed E-state index contributed by atoms with van der Waals surface area (Å²) in [7, 11) is 8.00. The molecule has 0 spiro atoms. The minimum Gasteiger partial charge on any atom is -0.329 e. The monoisotopic (exact) mass is 82.1 g/mol. The molecule has 0 rings (SSSR count). The third-order valence-corrected chi connectivity index (χ3v) is 0.167. The van der Waals surface area contributed by atoms with Gasteiger partial charge in [-0.15, -0.1) is 0 Å². The first-order chi connectivity index (χ1) is 2.91. The zero-order valence-electron chi connectivity index (χ0n) is 3.72. The van der Waals surface area contributed by atoms with Crippen molar-refractivity contribution in [2.45, 2.75) is 0 Å². The fraction of sp³-hybridized carbons (Fsp3) is 1.00. The summed E-state index contributed by atoms with van der Waals surface area (Å²) in [5, 5.41) is 0. The summed E-state index contributed by atoms with van der Waals surface area (Å²) >= 11 is 0. The van der Waals surface area contributed by atoms with E-state index in [1.54, 1.807) is 0 Å².